The Balaban J connectivity index is 2.08. The Bertz CT molecular complexity index is 684. The molecule has 23 heavy (non-hydrogen) atoms. The topological polar surface area (TPSA) is 68.2 Å². The van der Waals surface area contributed by atoms with Crippen molar-refractivity contribution in [3.05, 3.63) is 41.4 Å². The zero-order chi connectivity index (χ0) is 17.0. The summed E-state index contributed by atoms with van der Waals surface area (Å²) in [5.74, 6) is 1.56. The molecule has 7 heteroatoms. The highest BCUT2D eigenvalue weighted by molar-refractivity contribution is 6.32. The van der Waals surface area contributed by atoms with Crippen molar-refractivity contribution in [1.29, 1.82) is 0 Å². The van der Waals surface area contributed by atoms with Gasteiger partial charge in [0.05, 0.1) is 18.2 Å². The number of carbonyl (C=O) groups excluding carboxylic acids is 1. The van der Waals surface area contributed by atoms with Gasteiger partial charge in [0.15, 0.2) is 0 Å². The van der Waals surface area contributed by atoms with Crippen LogP contribution in [0, 0.1) is 5.92 Å². The minimum Gasteiger partial charge on any atom is -0.495 e. The predicted octanol–water partition coefficient (Wildman–Crippen LogP) is 3.60. The van der Waals surface area contributed by atoms with E-state index in [0.717, 1.165) is 5.82 Å². The standard InChI is InChI=1S/C16H21ClN4O2/c1-10(2)14(15-18-7-8-21(15)3)20-16(22)19-11-5-6-13(23-4)12(17)9-11/h5-10,14H,1-4H3,(H2,19,20,22)/t14-/m1/s1. The molecule has 0 radical (unpaired) electrons. The van der Waals surface area contributed by atoms with Gasteiger partial charge in [-0.1, -0.05) is 25.4 Å². The van der Waals surface area contributed by atoms with Crippen LogP contribution in [0.3, 0.4) is 0 Å². The predicted molar refractivity (Wildman–Crippen MR) is 90.9 cm³/mol. The van der Waals surface area contributed by atoms with Gasteiger partial charge in [0.25, 0.3) is 0 Å². The summed E-state index contributed by atoms with van der Waals surface area (Å²) in [4.78, 5) is 16.6. The van der Waals surface area contributed by atoms with E-state index in [4.69, 9.17) is 16.3 Å². The highest BCUT2D eigenvalue weighted by Crippen LogP contribution is 2.27. The number of hydrogen-bond acceptors (Lipinski definition) is 3. The number of carbonyl (C=O) groups is 1. The minimum atomic E-state index is -0.312. The molecule has 1 atom stereocenters. The Morgan fingerprint density at radius 1 is 1.39 bits per heavy atom. The third kappa shape index (κ3) is 4.16. The van der Waals surface area contributed by atoms with E-state index in [2.05, 4.69) is 15.6 Å². The van der Waals surface area contributed by atoms with Gasteiger partial charge in [0.2, 0.25) is 0 Å². The van der Waals surface area contributed by atoms with E-state index in [-0.39, 0.29) is 18.0 Å². The van der Waals surface area contributed by atoms with Crippen molar-refractivity contribution in [2.75, 3.05) is 12.4 Å². The Morgan fingerprint density at radius 2 is 2.13 bits per heavy atom. The Labute approximate surface area is 140 Å². The second-order valence-corrected chi connectivity index (χ2v) is 5.97. The molecule has 2 N–H and O–H groups in total. The molecule has 1 aromatic heterocycles. The second-order valence-electron chi connectivity index (χ2n) is 5.57. The molecule has 2 aromatic rings. The van der Waals surface area contributed by atoms with Crippen LogP contribution in [0.25, 0.3) is 0 Å². The van der Waals surface area contributed by atoms with Crippen LogP contribution in [0.1, 0.15) is 25.7 Å². The molecule has 2 rings (SSSR count). The zero-order valence-corrected chi connectivity index (χ0v) is 14.4. The molecule has 0 bridgehead atoms. The summed E-state index contributed by atoms with van der Waals surface area (Å²) >= 11 is 6.06. The van der Waals surface area contributed by atoms with Crippen LogP contribution in [-0.2, 0) is 7.05 Å². The molecule has 0 aliphatic heterocycles. The molecule has 2 amide bonds. The summed E-state index contributed by atoms with van der Waals surface area (Å²) in [6, 6.07) is 4.58. The first-order chi connectivity index (χ1) is 10.9. The summed E-state index contributed by atoms with van der Waals surface area (Å²) in [5.41, 5.74) is 0.593. The second kappa shape index (κ2) is 7.37. The van der Waals surface area contributed by atoms with E-state index in [1.807, 2.05) is 31.7 Å². The number of urea groups is 1. The van der Waals surface area contributed by atoms with E-state index in [1.54, 1.807) is 31.5 Å². The maximum atomic E-state index is 12.3. The summed E-state index contributed by atoms with van der Waals surface area (Å²) in [6.07, 6.45) is 3.57. The van der Waals surface area contributed by atoms with Crippen molar-refractivity contribution >= 4 is 23.3 Å². The van der Waals surface area contributed by atoms with Gasteiger partial charge < -0.3 is 19.9 Å². The minimum absolute atomic E-state index is 0.191. The summed E-state index contributed by atoms with van der Waals surface area (Å²) in [6.45, 7) is 4.06. The van der Waals surface area contributed by atoms with Gasteiger partial charge in [-0.3, -0.25) is 0 Å². The van der Waals surface area contributed by atoms with Gasteiger partial charge in [-0.2, -0.15) is 0 Å². The molecule has 6 nitrogen and oxygen atoms in total. The number of ether oxygens (including phenoxy) is 1. The Morgan fingerprint density at radius 3 is 2.65 bits per heavy atom. The van der Waals surface area contributed by atoms with E-state index >= 15 is 0 Å². The number of amides is 2. The summed E-state index contributed by atoms with van der Waals surface area (Å²) < 4.78 is 6.99. The molecule has 1 aromatic carbocycles. The number of anilines is 1. The number of nitrogens with one attached hydrogen (secondary N) is 2. The molecular formula is C16H21ClN4O2. The van der Waals surface area contributed by atoms with Crippen LogP contribution in [0.5, 0.6) is 5.75 Å². The summed E-state index contributed by atoms with van der Waals surface area (Å²) in [7, 11) is 3.45. The maximum absolute atomic E-state index is 12.3. The van der Waals surface area contributed by atoms with Crippen molar-refractivity contribution in [2.24, 2.45) is 13.0 Å². The van der Waals surface area contributed by atoms with Crippen LogP contribution >= 0.6 is 11.6 Å². The highest BCUT2D eigenvalue weighted by atomic mass is 35.5. The van der Waals surface area contributed by atoms with Gasteiger partial charge in [-0.05, 0) is 24.1 Å². The molecule has 1 heterocycles. The van der Waals surface area contributed by atoms with E-state index in [1.165, 1.54) is 0 Å². The molecule has 0 saturated heterocycles. The van der Waals surface area contributed by atoms with E-state index in [9.17, 15) is 4.79 Å². The average molecular weight is 337 g/mol. The van der Waals surface area contributed by atoms with Gasteiger partial charge in [-0.15, -0.1) is 0 Å². The lowest BCUT2D eigenvalue weighted by Crippen LogP contribution is -2.36. The highest BCUT2D eigenvalue weighted by Gasteiger charge is 2.22. The van der Waals surface area contributed by atoms with Crippen LogP contribution in [0.4, 0.5) is 10.5 Å². The lowest BCUT2D eigenvalue weighted by atomic mass is 10.0. The fourth-order valence-electron chi connectivity index (χ4n) is 2.26. The number of halogens is 1. The summed E-state index contributed by atoms with van der Waals surface area (Å²) in [5, 5.41) is 6.16. The number of aryl methyl sites for hydroxylation is 1. The average Bonchev–Trinajstić information content (AvgIpc) is 2.90. The number of benzene rings is 1. The van der Waals surface area contributed by atoms with Crippen LogP contribution < -0.4 is 15.4 Å². The number of methoxy groups -OCH3 is 1. The van der Waals surface area contributed by atoms with Crippen molar-refractivity contribution in [3.63, 3.8) is 0 Å². The quantitative estimate of drug-likeness (QED) is 0.876. The maximum Gasteiger partial charge on any atom is 0.319 e. The first-order valence-corrected chi connectivity index (χ1v) is 7.68. The fourth-order valence-corrected chi connectivity index (χ4v) is 2.52. The largest absolute Gasteiger partial charge is 0.495 e. The molecule has 0 aliphatic rings. The number of nitrogens with zero attached hydrogens (tertiary/aromatic N) is 2. The lowest BCUT2D eigenvalue weighted by molar-refractivity contribution is 0.243. The molecule has 124 valence electrons. The molecule has 0 fully saturated rings. The molecule has 0 unspecified atom stereocenters. The van der Waals surface area contributed by atoms with Gasteiger partial charge in [0, 0.05) is 25.1 Å². The third-order valence-corrected chi connectivity index (χ3v) is 3.79. The van der Waals surface area contributed by atoms with Gasteiger partial charge in [-0.25, -0.2) is 9.78 Å². The molecule has 0 spiro atoms. The Hall–Kier alpha value is -2.21. The smallest absolute Gasteiger partial charge is 0.319 e. The van der Waals surface area contributed by atoms with E-state index in [0.29, 0.717) is 16.5 Å². The monoisotopic (exact) mass is 336 g/mol. The first kappa shape index (κ1) is 17.1. The van der Waals surface area contributed by atoms with Gasteiger partial charge >= 0.3 is 6.03 Å². The zero-order valence-electron chi connectivity index (χ0n) is 13.6. The Kier molecular flexibility index (Phi) is 5.50. The number of hydrogen-bond donors (Lipinski definition) is 2. The molecule has 0 saturated carbocycles. The molecule has 0 aliphatic carbocycles. The van der Waals surface area contributed by atoms with Crippen LogP contribution in [0.2, 0.25) is 5.02 Å². The fraction of sp³-hybridized carbons (Fsp3) is 0.375. The van der Waals surface area contributed by atoms with Crippen LogP contribution in [-0.4, -0.2) is 22.7 Å². The number of aromatic nitrogens is 2. The van der Waals surface area contributed by atoms with Crippen molar-refractivity contribution in [2.45, 2.75) is 19.9 Å². The first-order valence-electron chi connectivity index (χ1n) is 7.30. The van der Waals surface area contributed by atoms with Gasteiger partial charge in [0.1, 0.15) is 11.6 Å². The number of rotatable bonds is 5. The van der Waals surface area contributed by atoms with Crippen molar-refractivity contribution in [1.82, 2.24) is 14.9 Å². The lowest BCUT2D eigenvalue weighted by Gasteiger charge is -2.22. The normalized spacial score (nSPS) is 12.1. The molecular weight excluding hydrogens is 316 g/mol. The van der Waals surface area contributed by atoms with Crippen molar-refractivity contribution in [3.8, 4) is 5.75 Å². The number of imidazole rings is 1. The third-order valence-electron chi connectivity index (χ3n) is 3.50. The van der Waals surface area contributed by atoms with Crippen molar-refractivity contribution < 1.29 is 9.53 Å². The van der Waals surface area contributed by atoms with E-state index < -0.39 is 0 Å². The SMILES string of the molecule is COc1ccc(NC(=O)N[C@@H](c2nccn2C)C(C)C)cc1Cl. The van der Waals surface area contributed by atoms with Crippen LogP contribution in [0.15, 0.2) is 30.6 Å².